The zero-order valence-corrected chi connectivity index (χ0v) is 14.9. The predicted molar refractivity (Wildman–Crippen MR) is 89.4 cm³/mol. The molecule has 0 amide bonds. The number of ketones is 1. The van der Waals surface area contributed by atoms with Crippen LogP contribution in [-0.2, 0) is 19.1 Å². The van der Waals surface area contributed by atoms with Crippen molar-refractivity contribution in [3.8, 4) is 0 Å². The minimum atomic E-state index is -1.34. The van der Waals surface area contributed by atoms with E-state index in [0.29, 0.717) is 24.8 Å². The first-order valence-corrected chi connectivity index (χ1v) is 9.25. The second-order valence-corrected chi connectivity index (χ2v) is 9.27. The fraction of sp³-hybridized carbons (Fsp3) is 0.750. The van der Waals surface area contributed by atoms with E-state index in [0.717, 1.165) is 19.1 Å². The van der Waals surface area contributed by atoms with Crippen LogP contribution in [0.4, 0.5) is 0 Å². The molecule has 0 aromatic heterocycles. The lowest BCUT2D eigenvalue weighted by Gasteiger charge is -2.60. The van der Waals surface area contributed by atoms with Crippen LogP contribution in [0.2, 0.25) is 0 Å². The third-order valence-corrected chi connectivity index (χ3v) is 7.72. The molecule has 0 aromatic rings. The number of carbonyl (C=O) groups excluding carboxylic acids is 3. The SMILES string of the molecule is C=C1C(=O)[C@]23CC1CC(O)C2[C@@]1(CCCC(C)(C)C1C=O)COC3=O. The maximum Gasteiger partial charge on any atom is 0.320 e. The van der Waals surface area contributed by atoms with E-state index in [2.05, 4.69) is 20.4 Å². The van der Waals surface area contributed by atoms with E-state index < -0.39 is 28.8 Å². The number of cyclic esters (lactones) is 1. The number of Topliss-reactive ketones (excluding diaryl/α,β-unsaturated/α-hetero) is 1. The van der Waals surface area contributed by atoms with E-state index in [1.165, 1.54) is 0 Å². The highest BCUT2D eigenvalue weighted by Crippen LogP contribution is 2.67. The molecule has 1 saturated heterocycles. The number of hydrogen-bond acceptors (Lipinski definition) is 5. The van der Waals surface area contributed by atoms with Crippen molar-refractivity contribution in [3.05, 3.63) is 12.2 Å². The predicted octanol–water partition coefficient (Wildman–Crippen LogP) is 2.07. The molecule has 2 spiro atoms. The number of allylic oxidation sites excluding steroid dienone is 1. The number of aliphatic hydroxyl groups is 1. The van der Waals surface area contributed by atoms with E-state index >= 15 is 0 Å². The molecule has 5 heteroatoms. The number of carbonyl (C=O) groups is 3. The van der Waals surface area contributed by atoms with Gasteiger partial charge in [0.25, 0.3) is 0 Å². The first-order chi connectivity index (χ1) is 11.7. The second kappa shape index (κ2) is 5.03. The molecule has 4 aliphatic rings. The van der Waals surface area contributed by atoms with Crippen LogP contribution in [0.1, 0.15) is 46.0 Å². The number of aliphatic hydroxyl groups excluding tert-OH is 1. The van der Waals surface area contributed by atoms with Crippen molar-refractivity contribution in [2.75, 3.05) is 6.61 Å². The molecule has 136 valence electrons. The first-order valence-electron chi connectivity index (χ1n) is 9.25. The van der Waals surface area contributed by atoms with Crippen LogP contribution < -0.4 is 0 Å². The molecule has 1 aliphatic heterocycles. The molecular weight excluding hydrogens is 320 g/mol. The maximum absolute atomic E-state index is 13.1. The lowest BCUT2D eigenvalue weighted by atomic mass is 9.44. The summed E-state index contributed by atoms with van der Waals surface area (Å²) in [7, 11) is 0. The Morgan fingerprint density at radius 3 is 2.68 bits per heavy atom. The average Bonchev–Trinajstić information content (AvgIpc) is 2.73. The standard InChI is InChI=1S/C20H26O5/c1-11-12-7-13(22)15-19(6-4-5-18(2,3)14(19)9-21)10-25-17(24)20(15,8-12)16(11)23/h9,12-15,22H,1,4-8,10H2,2-3H3/t12?,13?,14?,15?,19-,20-/m0/s1. The lowest BCUT2D eigenvalue weighted by molar-refractivity contribution is -0.225. The Hall–Kier alpha value is -1.49. The van der Waals surface area contributed by atoms with Crippen molar-refractivity contribution in [2.45, 2.75) is 52.1 Å². The Labute approximate surface area is 147 Å². The fourth-order valence-corrected chi connectivity index (χ4v) is 6.71. The van der Waals surface area contributed by atoms with Crippen molar-refractivity contribution >= 4 is 18.0 Å². The summed E-state index contributed by atoms with van der Waals surface area (Å²) in [4.78, 5) is 38.0. The topological polar surface area (TPSA) is 80.7 Å². The van der Waals surface area contributed by atoms with Gasteiger partial charge in [0.1, 0.15) is 11.7 Å². The molecule has 4 fully saturated rings. The van der Waals surface area contributed by atoms with E-state index in [4.69, 9.17) is 4.74 Å². The Bertz CT molecular complexity index is 680. The summed E-state index contributed by atoms with van der Waals surface area (Å²) in [6, 6.07) is 0. The molecule has 4 rings (SSSR count). The molecule has 4 unspecified atom stereocenters. The smallest absolute Gasteiger partial charge is 0.320 e. The molecule has 0 radical (unpaired) electrons. The van der Waals surface area contributed by atoms with Gasteiger partial charge in [-0.2, -0.15) is 0 Å². The quantitative estimate of drug-likeness (QED) is 0.340. The van der Waals surface area contributed by atoms with Crippen molar-refractivity contribution in [3.63, 3.8) is 0 Å². The van der Waals surface area contributed by atoms with Crippen LogP contribution in [0.3, 0.4) is 0 Å². The summed E-state index contributed by atoms with van der Waals surface area (Å²) >= 11 is 0. The highest BCUT2D eigenvalue weighted by Gasteiger charge is 2.74. The molecule has 3 aliphatic carbocycles. The third kappa shape index (κ3) is 1.85. The van der Waals surface area contributed by atoms with Crippen LogP contribution >= 0.6 is 0 Å². The summed E-state index contributed by atoms with van der Waals surface area (Å²) < 4.78 is 5.58. The largest absolute Gasteiger partial charge is 0.464 e. The van der Waals surface area contributed by atoms with Gasteiger partial charge in [-0.25, -0.2) is 0 Å². The average molecular weight is 346 g/mol. The number of fused-ring (bicyclic) bond motifs is 2. The van der Waals surface area contributed by atoms with E-state index in [9.17, 15) is 19.5 Å². The molecule has 6 atom stereocenters. The fourth-order valence-electron chi connectivity index (χ4n) is 6.71. The Morgan fingerprint density at radius 2 is 2.00 bits per heavy atom. The van der Waals surface area contributed by atoms with Crippen LogP contribution in [-0.4, -0.2) is 35.9 Å². The van der Waals surface area contributed by atoms with Crippen molar-refractivity contribution in [2.24, 2.45) is 34.0 Å². The number of hydrogen-bond donors (Lipinski definition) is 1. The summed E-state index contributed by atoms with van der Waals surface area (Å²) in [5.41, 5.74) is -1.82. The van der Waals surface area contributed by atoms with Gasteiger partial charge in [0, 0.05) is 17.3 Å². The molecular formula is C20H26O5. The summed E-state index contributed by atoms with van der Waals surface area (Å²) in [6.07, 6.45) is 3.50. The minimum Gasteiger partial charge on any atom is -0.464 e. The Morgan fingerprint density at radius 1 is 1.28 bits per heavy atom. The van der Waals surface area contributed by atoms with Gasteiger partial charge in [0.2, 0.25) is 0 Å². The van der Waals surface area contributed by atoms with Crippen molar-refractivity contribution < 1.29 is 24.2 Å². The number of aldehydes is 1. The minimum absolute atomic E-state index is 0.118. The number of ether oxygens (including phenoxy) is 1. The first kappa shape index (κ1) is 17.0. The lowest BCUT2D eigenvalue weighted by Crippen LogP contribution is -2.66. The Kier molecular flexibility index (Phi) is 3.41. The van der Waals surface area contributed by atoms with Gasteiger partial charge < -0.3 is 14.6 Å². The van der Waals surface area contributed by atoms with Gasteiger partial charge in [-0.1, -0.05) is 26.8 Å². The number of esters is 1. The molecule has 25 heavy (non-hydrogen) atoms. The monoisotopic (exact) mass is 346 g/mol. The van der Waals surface area contributed by atoms with Gasteiger partial charge in [-0.05, 0) is 42.6 Å². The van der Waals surface area contributed by atoms with Crippen LogP contribution in [0.5, 0.6) is 0 Å². The summed E-state index contributed by atoms with van der Waals surface area (Å²) in [5, 5.41) is 11.0. The van der Waals surface area contributed by atoms with Gasteiger partial charge >= 0.3 is 5.97 Å². The molecule has 0 aromatic carbocycles. The van der Waals surface area contributed by atoms with Gasteiger partial charge in [0.05, 0.1) is 12.7 Å². The molecule has 1 N–H and O–H groups in total. The highest BCUT2D eigenvalue weighted by molar-refractivity contribution is 6.15. The zero-order chi connectivity index (χ0) is 18.2. The van der Waals surface area contributed by atoms with Crippen molar-refractivity contribution in [1.82, 2.24) is 0 Å². The Balaban J connectivity index is 1.92. The molecule has 5 nitrogen and oxygen atoms in total. The van der Waals surface area contributed by atoms with E-state index in [-0.39, 0.29) is 29.6 Å². The second-order valence-electron chi connectivity index (χ2n) is 9.27. The zero-order valence-electron chi connectivity index (χ0n) is 14.9. The number of rotatable bonds is 1. The van der Waals surface area contributed by atoms with Gasteiger partial charge in [0.15, 0.2) is 5.78 Å². The van der Waals surface area contributed by atoms with Crippen molar-refractivity contribution in [1.29, 1.82) is 0 Å². The van der Waals surface area contributed by atoms with E-state index in [1.807, 2.05) is 0 Å². The van der Waals surface area contributed by atoms with Crippen LogP contribution in [0.25, 0.3) is 0 Å². The molecule has 3 saturated carbocycles. The maximum atomic E-state index is 13.1. The van der Waals surface area contributed by atoms with Crippen LogP contribution in [0.15, 0.2) is 12.2 Å². The summed E-state index contributed by atoms with van der Waals surface area (Å²) in [5.74, 6) is -1.86. The van der Waals surface area contributed by atoms with Gasteiger partial charge in [-0.3, -0.25) is 9.59 Å². The summed E-state index contributed by atoms with van der Waals surface area (Å²) in [6.45, 7) is 8.13. The van der Waals surface area contributed by atoms with Gasteiger partial charge in [-0.15, -0.1) is 0 Å². The highest BCUT2D eigenvalue weighted by atomic mass is 16.5. The van der Waals surface area contributed by atoms with Crippen LogP contribution in [0, 0.1) is 34.0 Å². The molecule has 1 heterocycles. The third-order valence-electron chi connectivity index (χ3n) is 7.72. The van der Waals surface area contributed by atoms with E-state index in [1.54, 1.807) is 0 Å². The normalized spacial score (nSPS) is 48.2. The molecule has 2 bridgehead atoms.